The van der Waals surface area contributed by atoms with E-state index in [0.29, 0.717) is 16.6 Å². The van der Waals surface area contributed by atoms with Gasteiger partial charge in [0.2, 0.25) is 0 Å². The predicted octanol–water partition coefficient (Wildman–Crippen LogP) is 6.45. The zero-order valence-corrected chi connectivity index (χ0v) is 19.1. The standard InChI is InChI=1S/C26H25Cl2N3/c1-19-6-2-3-7-21(19)17-31(23-11-10-20(15-29)26(28)14-23)24-12-13-30(18-24)16-22-8-4-5-9-25(22)27/h2-11,14,24H,12-13,16-18H2,1H3/t24-/m0/s1. The summed E-state index contributed by atoms with van der Waals surface area (Å²) in [5, 5.41) is 10.6. The molecule has 0 aliphatic carbocycles. The van der Waals surface area contributed by atoms with Crippen LogP contribution >= 0.6 is 23.2 Å². The van der Waals surface area contributed by atoms with E-state index >= 15 is 0 Å². The van der Waals surface area contributed by atoms with E-state index in [2.05, 4.69) is 53.1 Å². The Morgan fingerprint density at radius 2 is 1.74 bits per heavy atom. The van der Waals surface area contributed by atoms with Crippen LogP contribution in [-0.2, 0) is 13.1 Å². The summed E-state index contributed by atoms with van der Waals surface area (Å²) >= 11 is 12.8. The van der Waals surface area contributed by atoms with Crippen LogP contribution < -0.4 is 4.90 Å². The van der Waals surface area contributed by atoms with E-state index in [1.165, 1.54) is 11.1 Å². The maximum atomic E-state index is 9.26. The van der Waals surface area contributed by atoms with Gasteiger partial charge in [-0.25, -0.2) is 0 Å². The van der Waals surface area contributed by atoms with Gasteiger partial charge in [-0.3, -0.25) is 4.90 Å². The van der Waals surface area contributed by atoms with E-state index in [1.807, 2.05) is 36.4 Å². The van der Waals surface area contributed by atoms with Gasteiger partial charge in [0.1, 0.15) is 6.07 Å². The van der Waals surface area contributed by atoms with Gasteiger partial charge in [0.05, 0.1) is 10.6 Å². The summed E-state index contributed by atoms with van der Waals surface area (Å²) in [6.45, 7) is 5.78. The molecule has 158 valence electrons. The predicted molar refractivity (Wildman–Crippen MR) is 129 cm³/mol. The first-order valence-electron chi connectivity index (χ1n) is 10.5. The molecule has 0 radical (unpaired) electrons. The summed E-state index contributed by atoms with van der Waals surface area (Å²) in [5.74, 6) is 0. The van der Waals surface area contributed by atoms with E-state index < -0.39 is 0 Å². The third-order valence-corrected chi connectivity index (χ3v) is 6.73. The van der Waals surface area contributed by atoms with Crippen molar-refractivity contribution in [2.24, 2.45) is 0 Å². The number of rotatable bonds is 6. The van der Waals surface area contributed by atoms with Gasteiger partial charge in [0.15, 0.2) is 0 Å². The molecule has 1 fully saturated rings. The van der Waals surface area contributed by atoms with E-state index in [-0.39, 0.29) is 0 Å². The second-order valence-electron chi connectivity index (χ2n) is 8.10. The van der Waals surface area contributed by atoms with Crippen LogP contribution in [0.1, 0.15) is 28.7 Å². The SMILES string of the molecule is Cc1ccccc1CN(c1ccc(C#N)c(Cl)c1)[C@H]1CCN(Cc2ccccc2Cl)C1. The smallest absolute Gasteiger partial charge is 0.101 e. The van der Waals surface area contributed by atoms with E-state index in [0.717, 1.165) is 48.9 Å². The molecule has 0 aromatic heterocycles. The topological polar surface area (TPSA) is 30.3 Å². The van der Waals surface area contributed by atoms with Crippen LogP contribution in [0.5, 0.6) is 0 Å². The van der Waals surface area contributed by atoms with Crippen molar-refractivity contribution in [1.29, 1.82) is 5.26 Å². The Morgan fingerprint density at radius 1 is 1.00 bits per heavy atom. The molecule has 4 rings (SSSR count). The van der Waals surface area contributed by atoms with Gasteiger partial charge in [-0.15, -0.1) is 0 Å². The number of nitrogens with zero attached hydrogens (tertiary/aromatic N) is 3. The number of likely N-dealkylation sites (tertiary alicyclic amines) is 1. The number of hydrogen-bond donors (Lipinski definition) is 0. The van der Waals surface area contributed by atoms with Crippen LogP contribution in [-0.4, -0.2) is 24.0 Å². The van der Waals surface area contributed by atoms with Gasteiger partial charge >= 0.3 is 0 Å². The normalized spacial score (nSPS) is 16.3. The van der Waals surface area contributed by atoms with Gasteiger partial charge in [0, 0.05) is 42.9 Å². The van der Waals surface area contributed by atoms with Crippen molar-refractivity contribution in [2.75, 3.05) is 18.0 Å². The lowest BCUT2D eigenvalue weighted by Gasteiger charge is -2.32. The Bertz CT molecular complexity index is 1110. The minimum atomic E-state index is 0.353. The fraction of sp³-hybridized carbons (Fsp3) is 0.269. The molecule has 0 bridgehead atoms. The number of nitriles is 1. The summed E-state index contributed by atoms with van der Waals surface area (Å²) in [5.41, 5.74) is 5.30. The molecule has 1 atom stereocenters. The molecule has 5 heteroatoms. The molecule has 3 nitrogen and oxygen atoms in total. The van der Waals surface area contributed by atoms with Crippen LogP contribution in [0.25, 0.3) is 0 Å². The molecule has 1 aliphatic rings. The molecule has 0 N–H and O–H groups in total. The van der Waals surface area contributed by atoms with Crippen LogP contribution in [0.2, 0.25) is 10.0 Å². The second kappa shape index (κ2) is 9.75. The van der Waals surface area contributed by atoms with Crippen LogP contribution in [0.4, 0.5) is 5.69 Å². The maximum absolute atomic E-state index is 9.26. The van der Waals surface area contributed by atoms with Crippen LogP contribution in [0, 0.1) is 18.3 Å². The molecule has 0 saturated carbocycles. The van der Waals surface area contributed by atoms with Crippen molar-refractivity contribution in [2.45, 2.75) is 32.5 Å². The van der Waals surface area contributed by atoms with Crippen molar-refractivity contribution in [1.82, 2.24) is 4.90 Å². The fourth-order valence-corrected chi connectivity index (χ4v) is 4.67. The zero-order chi connectivity index (χ0) is 21.8. The Balaban J connectivity index is 1.59. The van der Waals surface area contributed by atoms with Crippen molar-refractivity contribution in [3.8, 4) is 6.07 Å². The Kier molecular flexibility index (Phi) is 6.83. The lowest BCUT2D eigenvalue weighted by Crippen LogP contribution is -2.37. The molecule has 1 saturated heterocycles. The monoisotopic (exact) mass is 449 g/mol. The number of aryl methyl sites for hydroxylation is 1. The highest BCUT2D eigenvalue weighted by molar-refractivity contribution is 6.32. The molecule has 3 aromatic carbocycles. The number of hydrogen-bond acceptors (Lipinski definition) is 3. The maximum Gasteiger partial charge on any atom is 0.101 e. The van der Waals surface area contributed by atoms with Crippen LogP contribution in [0.15, 0.2) is 66.7 Å². The number of anilines is 1. The molecule has 0 spiro atoms. The summed E-state index contributed by atoms with van der Waals surface area (Å²) in [7, 11) is 0. The number of benzene rings is 3. The third-order valence-electron chi connectivity index (χ3n) is 6.05. The average molecular weight is 450 g/mol. The van der Waals surface area contributed by atoms with E-state index in [4.69, 9.17) is 23.2 Å². The minimum absolute atomic E-state index is 0.353. The largest absolute Gasteiger partial charge is 0.363 e. The highest BCUT2D eigenvalue weighted by Crippen LogP contribution is 2.30. The van der Waals surface area contributed by atoms with Gasteiger partial charge in [-0.2, -0.15) is 5.26 Å². The average Bonchev–Trinajstić information content (AvgIpc) is 3.23. The highest BCUT2D eigenvalue weighted by Gasteiger charge is 2.29. The Hall–Kier alpha value is -2.51. The summed E-state index contributed by atoms with van der Waals surface area (Å²) in [4.78, 5) is 4.89. The zero-order valence-electron chi connectivity index (χ0n) is 17.6. The van der Waals surface area contributed by atoms with E-state index in [9.17, 15) is 5.26 Å². The lowest BCUT2D eigenvalue weighted by atomic mass is 10.1. The van der Waals surface area contributed by atoms with Crippen molar-refractivity contribution < 1.29 is 0 Å². The summed E-state index contributed by atoms with van der Waals surface area (Å²) in [6.07, 6.45) is 1.06. The van der Waals surface area contributed by atoms with Crippen molar-refractivity contribution in [3.63, 3.8) is 0 Å². The Labute approximate surface area is 194 Å². The molecule has 3 aromatic rings. The molecule has 0 unspecified atom stereocenters. The first kappa shape index (κ1) is 21.7. The summed E-state index contributed by atoms with van der Waals surface area (Å²) < 4.78 is 0. The Morgan fingerprint density at radius 3 is 2.45 bits per heavy atom. The number of halogens is 2. The molecule has 31 heavy (non-hydrogen) atoms. The second-order valence-corrected chi connectivity index (χ2v) is 8.91. The van der Waals surface area contributed by atoms with Gasteiger partial charge in [-0.1, -0.05) is 65.7 Å². The first-order valence-corrected chi connectivity index (χ1v) is 11.3. The van der Waals surface area contributed by atoms with Gasteiger partial charge < -0.3 is 4.90 Å². The molecule has 0 amide bonds. The van der Waals surface area contributed by atoms with Crippen molar-refractivity contribution in [3.05, 3.63) is 99.0 Å². The van der Waals surface area contributed by atoms with Crippen LogP contribution in [0.3, 0.4) is 0 Å². The minimum Gasteiger partial charge on any atom is -0.363 e. The highest BCUT2D eigenvalue weighted by atomic mass is 35.5. The molecular weight excluding hydrogens is 425 g/mol. The van der Waals surface area contributed by atoms with E-state index in [1.54, 1.807) is 0 Å². The fourth-order valence-electron chi connectivity index (χ4n) is 4.25. The molecular formula is C26H25Cl2N3. The molecule has 1 heterocycles. The van der Waals surface area contributed by atoms with Crippen molar-refractivity contribution >= 4 is 28.9 Å². The molecule has 1 aliphatic heterocycles. The van der Waals surface area contributed by atoms with Gasteiger partial charge in [0.25, 0.3) is 0 Å². The third kappa shape index (κ3) is 5.05. The lowest BCUT2D eigenvalue weighted by molar-refractivity contribution is 0.325. The van der Waals surface area contributed by atoms with Gasteiger partial charge in [-0.05, 0) is 54.3 Å². The summed E-state index contributed by atoms with van der Waals surface area (Å²) in [6, 6.07) is 24.8. The quantitative estimate of drug-likeness (QED) is 0.432. The first-order chi connectivity index (χ1) is 15.0.